The number of non-ortho nitro benzene ring substituents is 1. The van der Waals surface area contributed by atoms with E-state index in [4.69, 9.17) is 16.7 Å². The summed E-state index contributed by atoms with van der Waals surface area (Å²) in [5.74, 6) is -1.97. The molecule has 0 bridgehead atoms. The lowest BCUT2D eigenvalue weighted by atomic mass is 10.2. The number of carboxylic acid groups (broad SMARTS) is 1. The topological polar surface area (TPSA) is 138 Å². The molecular weight excluding hydrogens is 304 g/mol. The Morgan fingerprint density at radius 1 is 1.33 bits per heavy atom. The third-order valence-corrected chi connectivity index (χ3v) is 2.62. The number of amides is 1. The van der Waals surface area contributed by atoms with E-state index in [2.05, 4.69) is 15.5 Å². The summed E-state index contributed by atoms with van der Waals surface area (Å²) < 4.78 is 0. The third kappa shape index (κ3) is 3.34. The van der Waals surface area contributed by atoms with Gasteiger partial charge in [-0.25, -0.2) is 4.79 Å². The summed E-state index contributed by atoms with van der Waals surface area (Å²) in [4.78, 5) is 32.6. The average Bonchev–Trinajstić information content (AvgIpc) is 2.86. The first kappa shape index (κ1) is 14.5. The van der Waals surface area contributed by atoms with Crippen molar-refractivity contribution in [3.8, 4) is 0 Å². The number of aromatic carboxylic acids is 1. The van der Waals surface area contributed by atoms with Crippen molar-refractivity contribution in [3.05, 3.63) is 50.7 Å². The minimum Gasteiger partial charge on any atom is -0.477 e. The van der Waals surface area contributed by atoms with Crippen molar-refractivity contribution in [3.63, 3.8) is 0 Å². The van der Waals surface area contributed by atoms with Crippen molar-refractivity contribution >= 4 is 35.0 Å². The molecule has 0 atom stereocenters. The molecule has 0 spiro atoms. The number of carboxylic acids is 1. The molecular formula is C11H7ClN4O5. The van der Waals surface area contributed by atoms with Crippen LogP contribution in [-0.4, -0.2) is 32.1 Å². The van der Waals surface area contributed by atoms with Crippen LogP contribution in [0, 0.1) is 10.1 Å². The van der Waals surface area contributed by atoms with Crippen LogP contribution in [0.1, 0.15) is 20.8 Å². The summed E-state index contributed by atoms with van der Waals surface area (Å²) in [6.07, 6.45) is 0. The Kier molecular flexibility index (Phi) is 3.85. The van der Waals surface area contributed by atoms with Crippen molar-refractivity contribution < 1.29 is 19.6 Å². The quantitative estimate of drug-likeness (QED) is 0.582. The standard InChI is InChI=1S/C11H7ClN4O5/c12-6-1-5(2-7(3-6)16(20)21)10(17)13-9-4-8(11(18)19)14-15-9/h1-4H,(H,18,19)(H2,13,14,15,17). The molecule has 9 nitrogen and oxygen atoms in total. The fourth-order valence-corrected chi connectivity index (χ4v) is 1.72. The van der Waals surface area contributed by atoms with Gasteiger partial charge >= 0.3 is 5.97 Å². The van der Waals surface area contributed by atoms with Gasteiger partial charge in [-0.05, 0) is 6.07 Å². The monoisotopic (exact) mass is 310 g/mol. The van der Waals surface area contributed by atoms with Crippen LogP contribution in [0.5, 0.6) is 0 Å². The van der Waals surface area contributed by atoms with Gasteiger partial charge < -0.3 is 10.4 Å². The Labute approximate surface area is 121 Å². The number of H-pyrrole nitrogens is 1. The molecule has 0 radical (unpaired) electrons. The maximum atomic E-state index is 11.9. The number of hydrogen-bond acceptors (Lipinski definition) is 5. The van der Waals surface area contributed by atoms with Gasteiger partial charge in [-0.3, -0.25) is 20.0 Å². The van der Waals surface area contributed by atoms with Crippen LogP contribution >= 0.6 is 11.6 Å². The Balaban J connectivity index is 2.23. The van der Waals surface area contributed by atoms with Gasteiger partial charge in [0.05, 0.1) is 4.92 Å². The highest BCUT2D eigenvalue weighted by Gasteiger charge is 2.16. The van der Waals surface area contributed by atoms with Crippen LogP contribution in [0.15, 0.2) is 24.3 Å². The second kappa shape index (κ2) is 5.59. The Morgan fingerprint density at radius 2 is 2.05 bits per heavy atom. The van der Waals surface area contributed by atoms with E-state index in [1.165, 1.54) is 6.07 Å². The zero-order valence-electron chi connectivity index (χ0n) is 10.2. The van der Waals surface area contributed by atoms with Gasteiger partial charge in [0.15, 0.2) is 5.82 Å². The number of nitrogens with zero attached hydrogens (tertiary/aromatic N) is 2. The second-order valence-electron chi connectivity index (χ2n) is 3.88. The first-order valence-electron chi connectivity index (χ1n) is 5.42. The van der Waals surface area contributed by atoms with Gasteiger partial charge in [-0.15, -0.1) is 0 Å². The van der Waals surface area contributed by atoms with Crippen molar-refractivity contribution in [1.82, 2.24) is 10.2 Å². The van der Waals surface area contributed by atoms with Gasteiger partial charge in [0.1, 0.15) is 5.69 Å². The fraction of sp³-hybridized carbons (Fsp3) is 0. The molecule has 0 saturated heterocycles. The summed E-state index contributed by atoms with van der Waals surface area (Å²) in [6.45, 7) is 0. The molecule has 0 aliphatic rings. The van der Waals surface area contributed by atoms with Crippen molar-refractivity contribution in [2.45, 2.75) is 0 Å². The first-order valence-corrected chi connectivity index (χ1v) is 5.79. The van der Waals surface area contributed by atoms with Crippen LogP contribution < -0.4 is 5.32 Å². The molecule has 0 unspecified atom stereocenters. The van der Waals surface area contributed by atoms with E-state index in [1.807, 2.05) is 0 Å². The minimum absolute atomic E-state index is 0.0278. The molecule has 2 rings (SSSR count). The highest BCUT2D eigenvalue weighted by molar-refractivity contribution is 6.31. The number of aromatic amines is 1. The van der Waals surface area contributed by atoms with E-state index >= 15 is 0 Å². The number of hydrogen-bond donors (Lipinski definition) is 3. The van der Waals surface area contributed by atoms with Gasteiger partial charge in [0.2, 0.25) is 0 Å². The highest BCUT2D eigenvalue weighted by atomic mass is 35.5. The molecule has 0 saturated carbocycles. The minimum atomic E-state index is -1.23. The lowest BCUT2D eigenvalue weighted by Crippen LogP contribution is -2.12. The summed E-state index contributed by atoms with van der Waals surface area (Å²) in [7, 11) is 0. The number of nitro benzene ring substituents is 1. The van der Waals surface area contributed by atoms with Crippen LogP contribution in [0.3, 0.4) is 0 Å². The second-order valence-corrected chi connectivity index (χ2v) is 4.32. The van der Waals surface area contributed by atoms with Crippen molar-refractivity contribution in [1.29, 1.82) is 0 Å². The van der Waals surface area contributed by atoms with Crippen LogP contribution in [0.2, 0.25) is 5.02 Å². The number of nitro groups is 1. The summed E-state index contributed by atoms with van der Waals surface area (Å²) >= 11 is 5.70. The molecule has 3 N–H and O–H groups in total. The predicted molar refractivity (Wildman–Crippen MR) is 71.6 cm³/mol. The smallest absolute Gasteiger partial charge is 0.353 e. The highest BCUT2D eigenvalue weighted by Crippen LogP contribution is 2.21. The molecule has 1 amide bonds. The number of anilines is 1. The summed E-state index contributed by atoms with van der Waals surface area (Å²) in [5.41, 5.74) is -0.586. The number of aromatic nitrogens is 2. The molecule has 21 heavy (non-hydrogen) atoms. The SMILES string of the molecule is O=C(Nc1cc(C(=O)O)[nH]n1)c1cc(Cl)cc([N+](=O)[O-])c1. The average molecular weight is 311 g/mol. The maximum absolute atomic E-state index is 11.9. The number of carbonyl (C=O) groups excluding carboxylic acids is 1. The van der Waals surface area contributed by atoms with Crippen LogP contribution in [0.4, 0.5) is 11.5 Å². The lowest BCUT2D eigenvalue weighted by molar-refractivity contribution is -0.384. The van der Waals surface area contributed by atoms with Crippen molar-refractivity contribution in [2.75, 3.05) is 5.32 Å². The molecule has 1 aromatic carbocycles. The van der Waals surface area contributed by atoms with E-state index < -0.39 is 16.8 Å². The molecule has 2 aromatic rings. The number of halogens is 1. The first-order chi connectivity index (χ1) is 9.86. The molecule has 0 fully saturated rings. The summed E-state index contributed by atoms with van der Waals surface area (Å²) in [6, 6.07) is 4.51. The maximum Gasteiger partial charge on any atom is 0.353 e. The predicted octanol–water partition coefficient (Wildman–Crippen LogP) is 1.92. The zero-order chi connectivity index (χ0) is 15.6. The fourth-order valence-electron chi connectivity index (χ4n) is 1.49. The normalized spacial score (nSPS) is 10.1. The summed E-state index contributed by atoms with van der Waals surface area (Å²) in [5, 5.41) is 27.5. The van der Waals surface area contributed by atoms with E-state index in [9.17, 15) is 19.7 Å². The Hall–Kier alpha value is -2.94. The van der Waals surface area contributed by atoms with E-state index in [1.54, 1.807) is 0 Å². The number of carbonyl (C=O) groups is 2. The van der Waals surface area contributed by atoms with E-state index in [0.29, 0.717) is 0 Å². The van der Waals surface area contributed by atoms with Crippen molar-refractivity contribution in [2.24, 2.45) is 0 Å². The Bertz CT molecular complexity index is 742. The largest absolute Gasteiger partial charge is 0.477 e. The van der Waals surface area contributed by atoms with Crippen LogP contribution in [-0.2, 0) is 0 Å². The number of nitrogens with one attached hydrogen (secondary N) is 2. The van der Waals surface area contributed by atoms with E-state index in [-0.39, 0.29) is 27.8 Å². The van der Waals surface area contributed by atoms with Gasteiger partial charge in [0.25, 0.3) is 11.6 Å². The molecule has 0 aliphatic heterocycles. The lowest BCUT2D eigenvalue weighted by Gasteiger charge is -2.02. The number of rotatable bonds is 4. The van der Waals surface area contributed by atoms with Crippen LogP contribution in [0.25, 0.3) is 0 Å². The van der Waals surface area contributed by atoms with E-state index in [0.717, 1.165) is 18.2 Å². The third-order valence-electron chi connectivity index (χ3n) is 2.41. The molecule has 0 aliphatic carbocycles. The van der Waals surface area contributed by atoms with Gasteiger partial charge in [0, 0.05) is 28.8 Å². The number of benzene rings is 1. The molecule has 108 valence electrons. The van der Waals surface area contributed by atoms with Gasteiger partial charge in [-0.2, -0.15) is 5.10 Å². The molecule has 10 heteroatoms. The molecule has 1 heterocycles. The van der Waals surface area contributed by atoms with Gasteiger partial charge in [-0.1, -0.05) is 11.6 Å². The molecule has 1 aromatic heterocycles. The zero-order valence-corrected chi connectivity index (χ0v) is 10.9. The Morgan fingerprint density at radius 3 is 2.62 bits per heavy atom.